The summed E-state index contributed by atoms with van der Waals surface area (Å²) in [6, 6.07) is -9.43. The third-order valence-corrected chi connectivity index (χ3v) is 19.4. The molecule has 20 atom stereocenters. The SMILES string of the molecule is C/C1=C/C=C/[C@H](C)C(O)C(C)[C@@H](O)[C@@H](C)[C@H](C)[C@H](C)[C@@H](CO)/C=C/O[C@@]2(C)Oc3c(C)c(O)c4c(O)c(c(NC(C)C(C)C(=O)NCC5NC(=O)CNC(=O)C(O)CNC(=O)C(C(C)O)NC(=O)C(C(O)C(O)C(N)=O)NC(=O)C(C(C)C)CC(=O)C(CO)NC5=O)c(O)c4c3C2=O)NC1=O. The Morgan fingerprint density at radius 2 is 1.35 bits per heavy atom. The highest BCUT2D eigenvalue weighted by Gasteiger charge is 2.50. The maximum atomic E-state index is 14.8. The summed E-state index contributed by atoms with van der Waals surface area (Å²) in [5.41, 5.74) is 3.48. The van der Waals surface area contributed by atoms with Gasteiger partial charge in [0.1, 0.15) is 65.0 Å². The Labute approximate surface area is 582 Å². The highest BCUT2D eigenvalue weighted by Crippen LogP contribution is 2.57. The predicted molar refractivity (Wildman–Crippen MR) is 360 cm³/mol. The van der Waals surface area contributed by atoms with Crippen LogP contribution in [0.5, 0.6) is 23.0 Å². The van der Waals surface area contributed by atoms with Crippen LogP contribution in [0.2, 0.25) is 0 Å². The van der Waals surface area contributed by atoms with Gasteiger partial charge in [-0.25, -0.2) is 0 Å². The lowest BCUT2D eigenvalue weighted by Crippen LogP contribution is -2.63. The number of phenolic OH excluding ortho intramolecular Hbond substituents is 3. The predicted octanol–water partition coefficient (Wildman–Crippen LogP) is -3.04. The number of aromatic hydroxyl groups is 3. The van der Waals surface area contributed by atoms with E-state index in [2.05, 4.69) is 42.5 Å². The summed E-state index contributed by atoms with van der Waals surface area (Å²) in [5, 5.41) is 143. The molecule has 0 aromatic heterocycles. The number of primary amides is 1. The Kier molecular flexibility index (Phi) is 28.7. The van der Waals surface area contributed by atoms with E-state index in [1.165, 1.54) is 66.7 Å². The minimum absolute atomic E-state index is 0.0235. The summed E-state index contributed by atoms with van der Waals surface area (Å²) in [5.74, 6) is -24.9. The molecular formula is C67H98N10O24. The number of ether oxygens (including phenoxy) is 2. The number of Topliss-reactive ketones (excluding diaryl/α,β-unsaturated/α-hetero) is 2. The lowest BCUT2D eigenvalue weighted by molar-refractivity contribution is -0.144. The second-order valence-corrected chi connectivity index (χ2v) is 26.9. The average molecular weight is 1430 g/mol. The summed E-state index contributed by atoms with van der Waals surface area (Å²) < 4.78 is 12.1. The molecule has 2 aromatic carbocycles. The van der Waals surface area contributed by atoms with Crippen molar-refractivity contribution < 1.29 is 118 Å². The van der Waals surface area contributed by atoms with Crippen molar-refractivity contribution in [2.45, 2.75) is 169 Å². The lowest BCUT2D eigenvalue weighted by atomic mass is 9.72. The largest absolute Gasteiger partial charge is 0.507 e. The summed E-state index contributed by atoms with van der Waals surface area (Å²) in [4.78, 5) is 151. The number of rotatable bonds is 13. The van der Waals surface area contributed by atoms with Crippen molar-refractivity contribution in [1.82, 2.24) is 37.2 Å². The van der Waals surface area contributed by atoms with Crippen molar-refractivity contribution in [2.24, 2.45) is 59.0 Å². The van der Waals surface area contributed by atoms with Crippen molar-refractivity contribution in [3.8, 4) is 23.0 Å². The Hall–Kier alpha value is -9.03. The molecule has 4 aliphatic rings. The number of phenols is 3. The van der Waals surface area contributed by atoms with Gasteiger partial charge in [-0.15, -0.1) is 0 Å². The number of carbonyl (C=O) groups is 11. The third kappa shape index (κ3) is 19.1. The summed E-state index contributed by atoms with van der Waals surface area (Å²) in [6.45, 7) is 15.1. The number of benzene rings is 2. The van der Waals surface area contributed by atoms with E-state index in [4.69, 9.17) is 15.2 Å². The van der Waals surface area contributed by atoms with Gasteiger partial charge in [0.05, 0.1) is 61.1 Å². The van der Waals surface area contributed by atoms with E-state index in [1.807, 2.05) is 26.1 Å². The molecule has 13 unspecified atom stereocenters. The van der Waals surface area contributed by atoms with Gasteiger partial charge in [-0.05, 0) is 57.4 Å². The van der Waals surface area contributed by atoms with Gasteiger partial charge in [0.25, 0.3) is 17.6 Å². The minimum Gasteiger partial charge on any atom is -0.507 e. The van der Waals surface area contributed by atoms with Gasteiger partial charge in [0.2, 0.25) is 41.4 Å². The molecule has 5 bridgehead atoms. The monoisotopic (exact) mass is 1430 g/mol. The molecule has 1 saturated heterocycles. The average Bonchev–Trinajstić information content (AvgIpc) is 1.63. The summed E-state index contributed by atoms with van der Waals surface area (Å²) in [6.07, 6.45) is -4.91. The molecule has 1 fully saturated rings. The van der Waals surface area contributed by atoms with Gasteiger partial charge >= 0.3 is 5.79 Å². The molecule has 22 N–H and O–H groups in total. The van der Waals surface area contributed by atoms with E-state index in [0.717, 1.165) is 13.2 Å². The molecule has 0 spiro atoms. The first-order valence-electron chi connectivity index (χ1n) is 33.0. The van der Waals surface area contributed by atoms with Crippen LogP contribution >= 0.6 is 0 Å². The topological polar surface area (TPSA) is 563 Å². The molecule has 4 heterocycles. The third-order valence-electron chi connectivity index (χ3n) is 19.4. The maximum absolute atomic E-state index is 14.8. The van der Waals surface area contributed by atoms with Crippen LogP contribution < -0.4 is 58.3 Å². The van der Waals surface area contributed by atoms with E-state index >= 15 is 0 Å². The maximum Gasteiger partial charge on any atom is 0.312 e. The molecule has 0 saturated carbocycles. The number of carbonyl (C=O) groups excluding carboxylic acids is 11. The lowest BCUT2D eigenvalue weighted by Gasteiger charge is -2.37. The van der Waals surface area contributed by atoms with Crippen molar-refractivity contribution in [1.29, 1.82) is 0 Å². The van der Waals surface area contributed by atoms with Gasteiger partial charge in [0.15, 0.2) is 17.6 Å². The molecule has 9 amide bonds. The number of anilines is 2. The van der Waals surface area contributed by atoms with Gasteiger partial charge in [-0.3, -0.25) is 52.7 Å². The fraction of sp³-hybridized carbons (Fsp3) is 0.597. The van der Waals surface area contributed by atoms with E-state index in [1.54, 1.807) is 19.9 Å². The standard InChI is InChI=1S/C67H98N10O24/c1-25(2)37-19-40(81)39(24-79)74-63(96)38(73-42(83)22-71-64(97)41(82)21-70-65(98)46(35(12)80)75-66(99)49(77-62(37)95)55(89)56(90)59(68)92)20-69-61(94)31(8)34(11)72-47-48-54(88)44-43(53(47)87)45-57(33(10)52(44)86)101-67(13,58(45)91)100-18-17-36(23-78)29(6)28(5)30(7)51(85)32(9)50(84)26(3)15-14-16-27(4)60(93)76-48/h14-18,25-26,28-32,34-39,41,46,49-51,55-56,72,78-80,82,84-90H,19-24H2,1-13H3,(H2,68,92)(H,69,94)(H,70,98)(H,71,97)(H,73,83)(H,74,96)(H,75,99)(H,76,93)(H,77,95)/b15-14+,18-17+,27-16-/t26-,28+,29-,30-,31?,32?,34?,35?,36+,37?,38?,39?,41?,46?,49?,50?,51-,55?,56?,67-/m0/s1. The van der Waals surface area contributed by atoms with Crippen LogP contribution in [0.4, 0.5) is 11.4 Å². The molecule has 2 aromatic rings. The molecule has 4 aliphatic heterocycles. The number of fused-ring (bicyclic) bond motifs is 14. The number of nitrogens with one attached hydrogen (secondary N) is 9. The first-order chi connectivity index (χ1) is 47.1. The Morgan fingerprint density at radius 3 is 1.94 bits per heavy atom. The van der Waals surface area contributed by atoms with Crippen molar-refractivity contribution in [3.05, 3.63) is 47.3 Å². The first-order valence-corrected chi connectivity index (χ1v) is 33.0. The number of nitrogens with two attached hydrogens (primary N) is 1. The fourth-order valence-corrected chi connectivity index (χ4v) is 11.9. The number of aliphatic hydroxyl groups is 8. The second kappa shape index (κ2) is 35.0. The van der Waals surface area contributed by atoms with Crippen LogP contribution in [-0.2, 0) is 52.7 Å². The van der Waals surface area contributed by atoms with Crippen LogP contribution in [0.3, 0.4) is 0 Å². The highest BCUT2D eigenvalue weighted by molar-refractivity contribution is 6.24. The normalized spacial score (nSPS) is 31.0. The quantitative estimate of drug-likeness (QED) is 0.0700. The second-order valence-electron chi connectivity index (χ2n) is 26.9. The molecule has 34 nitrogen and oxygen atoms in total. The zero-order valence-electron chi connectivity index (χ0n) is 58.5. The molecule has 101 heavy (non-hydrogen) atoms. The van der Waals surface area contributed by atoms with Crippen LogP contribution in [-0.4, -0.2) is 226 Å². The van der Waals surface area contributed by atoms with E-state index < -0.39 is 263 Å². The first kappa shape index (κ1) is 82.6. The van der Waals surface area contributed by atoms with Crippen molar-refractivity contribution >= 4 is 86.9 Å². The van der Waals surface area contributed by atoms with Gasteiger partial charge in [0, 0.05) is 72.7 Å². The molecule has 0 radical (unpaired) electrons. The molecular weight excluding hydrogens is 1330 g/mol. The van der Waals surface area contributed by atoms with E-state index in [-0.39, 0.29) is 28.7 Å². The van der Waals surface area contributed by atoms with E-state index in [9.17, 15) is 109 Å². The molecule has 34 heteroatoms. The summed E-state index contributed by atoms with van der Waals surface area (Å²) in [7, 11) is 0. The Balaban J connectivity index is 1.55. The molecule has 560 valence electrons. The zero-order chi connectivity index (χ0) is 76.3. The van der Waals surface area contributed by atoms with Crippen molar-refractivity contribution in [2.75, 3.05) is 43.5 Å². The van der Waals surface area contributed by atoms with Crippen molar-refractivity contribution in [3.63, 3.8) is 0 Å². The Bertz CT molecular complexity index is 3560. The number of amides is 9. The van der Waals surface area contributed by atoms with E-state index in [0.29, 0.717) is 0 Å². The number of hydrogen-bond donors (Lipinski definition) is 21. The minimum atomic E-state index is -2.55. The van der Waals surface area contributed by atoms with Crippen LogP contribution in [0, 0.1) is 60.2 Å². The van der Waals surface area contributed by atoms with Crippen LogP contribution in [0.25, 0.3) is 10.8 Å². The number of hydrogen-bond acceptors (Lipinski definition) is 25. The number of allylic oxidation sites excluding steroid dienone is 2. The smallest absolute Gasteiger partial charge is 0.312 e. The number of β-amino-alcohol motifs (C(OH)–C–C–N with tert-alkyl or cyclic N) is 1. The summed E-state index contributed by atoms with van der Waals surface area (Å²) >= 11 is 0. The molecule has 0 aliphatic carbocycles. The Morgan fingerprint density at radius 1 is 0.713 bits per heavy atom. The fourth-order valence-electron chi connectivity index (χ4n) is 11.9. The number of aliphatic hydroxyl groups excluding tert-OH is 8. The highest BCUT2D eigenvalue weighted by atomic mass is 16.7. The molecule has 6 rings (SSSR count). The zero-order valence-corrected chi connectivity index (χ0v) is 58.5. The van der Waals surface area contributed by atoms with Gasteiger partial charge < -0.3 is 119 Å². The van der Waals surface area contributed by atoms with Gasteiger partial charge in [-0.1, -0.05) is 73.6 Å². The van der Waals surface area contributed by atoms with Crippen LogP contribution in [0.15, 0.2) is 36.1 Å². The van der Waals surface area contributed by atoms with Gasteiger partial charge in [-0.2, -0.15) is 0 Å². The number of ketones is 2. The van der Waals surface area contributed by atoms with Crippen LogP contribution in [0.1, 0.15) is 105 Å².